The van der Waals surface area contributed by atoms with Gasteiger partial charge in [-0.15, -0.1) is 0 Å². The number of ether oxygens (including phenoxy) is 1. The summed E-state index contributed by atoms with van der Waals surface area (Å²) in [4.78, 5) is 52.1. The first-order chi connectivity index (χ1) is 19.1. The molecule has 40 heavy (non-hydrogen) atoms. The number of aromatic nitrogens is 3. The number of benzene rings is 1. The van der Waals surface area contributed by atoms with Crippen molar-refractivity contribution in [3.63, 3.8) is 0 Å². The second-order valence-electron chi connectivity index (χ2n) is 8.90. The van der Waals surface area contributed by atoms with Gasteiger partial charge in [-0.05, 0) is 24.3 Å². The maximum Gasteiger partial charge on any atom is 0.414 e. The fraction of sp³-hybridized carbons (Fsp3) is 0.308. The number of anilines is 2. The van der Waals surface area contributed by atoms with Gasteiger partial charge in [0.15, 0.2) is 0 Å². The molecule has 11 nitrogen and oxygen atoms in total. The molecular weight excluding hydrogens is 533 g/mol. The topological polar surface area (TPSA) is 111 Å². The predicted molar refractivity (Wildman–Crippen MR) is 142 cm³/mol. The third-order valence-corrected chi connectivity index (χ3v) is 6.37. The van der Waals surface area contributed by atoms with Gasteiger partial charge in [-0.3, -0.25) is 9.69 Å². The first kappa shape index (κ1) is 28.3. The quantitative estimate of drug-likeness (QED) is 0.470. The summed E-state index contributed by atoms with van der Waals surface area (Å²) in [6, 6.07) is 4.11. The number of hydrogen-bond donors (Lipinski definition) is 1. The molecule has 0 saturated carbocycles. The van der Waals surface area contributed by atoms with Crippen LogP contribution in [0.2, 0.25) is 0 Å². The highest BCUT2D eigenvalue weighted by Gasteiger charge is 2.34. The second-order valence-corrected chi connectivity index (χ2v) is 8.90. The monoisotopic (exact) mass is 560 g/mol. The molecule has 1 aromatic heterocycles. The average molecular weight is 561 g/mol. The van der Waals surface area contributed by atoms with Gasteiger partial charge in [-0.1, -0.05) is 37.5 Å². The largest absolute Gasteiger partial charge is 0.442 e. The molecule has 3 heterocycles. The minimum atomic E-state index is -3.19. The number of nitrogens with zero attached hydrogens (tertiary/aromatic N) is 5. The number of rotatable bonds is 9. The lowest BCUT2D eigenvalue weighted by Crippen LogP contribution is -2.37. The van der Waals surface area contributed by atoms with Crippen LogP contribution in [-0.4, -0.2) is 64.6 Å². The molecule has 0 spiro atoms. The summed E-state index contributed by atoms with van der Waals surface area (Å²) in [5.74, 6) is -2.13. The van der Waals surface area contributed by atoms with Crippen molar-refractivity contribution in [2.45, 2.75) is 25.6 Å². The van der Waals surface area contributed by atoms with E-state index in [1.54, 1.807) is 29.2 Å². The van der Waals surface area contributed by atoms with E-state index in [0.29, 0.717) is 0 Å². The first-order valence-electron chi connectivity index (χ1n) is 12.3. The molecule has 0 radical (unpaired) electrons. The normalized spacial score (nSPS) is 17.4. The Morgan fingerprint density at radius 3 is 2.35 bits per heavy atom. The molecule has 2 aliphatic heterocycles. The van der Waals surface area contributed by atoms with Crippen molar-refractivity contribution in [1.29, 1.82) is 0 Å². The summed E-state index contributed by atoms with van der Waals surface area (Å²) in [6.07, 6.45) is 3.23. The number of hydrogen-bond acceptors (Lipinski definition) is 6. The van der Waals surface area contributed by atoms with E-state index in [9.17, 15) is 28.0 Å². The Kier molecular flexibility index (Phi) is 8.46. The summed E-state index contributed by atoms with van der Waals surface area (Å²) >= 11 is 0. The first-order valence-corrected chi connectivity index (χ1v) is 12.3. The highest BCUT2D eigenvalue weighted by atomic mass is 19.3. The second kappa shape index (κ2) is 12.0. The molecule has 2 aromatic rings. The van der Waals surface area contributed by atoms with Gasteiger partial charge in [0.05, 0.1) is 37.6 Å². The minimum Gasteiger partial charge on any atom is -0.442 e. The van der Waals surface area contributed by atoms with Crippen molar-refractivity contribution in [3.8, 4) is 0 Å². The fourth-order valence-electron chi connectivity index (χ4n) is 4.42. The van der Waals surface area contributed by atoms with E-state index in [1.165, 1.54) is 27.6 Å². The van der Waals surface area contributed by atoms with Crippen LogP contribution >= 0.6 is 0 Å². The van der Waals surface area contributed by atoms with E-state index in [1.807, 2.05) is 5.32 Å². The molecule has 4 rings (SSSR count). The molecule has 1 N–H and O–H groups in total. The smallest absolute Gasteiger partial charge is 0.414 e. The Morgan fingerprint density at radius 1 is 1.07 bits per heavy atom. The van der Waals surface area contributed by atoms with Crippen LogP contribution < -0.4 is 26.5 Å². The molecule has 1 saturated heterocycles. The van der Waals surface area contributed by atoms with Crippen molar-refractivity contribution in [2.75, 3.05) is 36.0 Å². The number of alkyl halides is 2. The molecule has 0 aliphatic carbocycles. The maximum absolute atomic E-state index is 15.2. The lowest BCUT2D eigenvalue weighted by atomic mass is 10.2. The number of fused-ring (bicyclic) bond motifs is 1. The van der Waals surface area contributed by atoms with Crippen LogP contribution in [0.5, 0.6) is 0 Å². The zero-order valence-corrected chi connectivity index (χ0v) is 21.3. The third-order valence-electron chi connectivity index (χ3n) is 6.37. The van der Waals surface area contributed by atoms with Crippen LogP contribution in [0.4, 0.5) is 29.3 Å². The highest BCUT2D eigenvalue weighted by Crippen LogP contribution is 2.28. The van der Waals surface area contributed by atoms with E-state index in [2.05, 4.69) is 13.2 Å². The molecule has 212 valence electrons. The van der Waals surface area contributed by atoms with Crippen LogP contribution in [0.25, 0.3) is 5.70 Å². The van der Waals surface area contributed by atoms with Crippen LogP contribution in [0.3, 0.4) is 0 Å². The molecular formula is C26H27F3N6O5. The average Bonchev–Trinajstić information content (AvgIpc) is 3.29. The summed E-state index contributed by atoms with van der Waals surface area (Å²) in [5, 5.41) is 1.98. The molecule has 2 amide bonds. The van der Waals surface area contributed by atoms with Crippen molar-refractivity contribution in [3.05, 3.63) is 88.5 Å². The Labute approximate surface area is 226 Å². The molecule has 1 aromatic carbocycles. The maximum atomic E-state index is 15.2. The van der Waals surface area contributed by atoms with Gasteiger partial charge < -0.3 is 15.0 Å². The SMILES string of the molecule is C=C/C=C\C=C/C(=C)n1c(=O)n2n(c1=O)CCN(c1ccc(N3C[C@H](CNC(=O)C(F)F)OC3=O)cc1F)CC2. The van der Waals surface area contributed by atoms with Crippen LogP contribution in [0.15, 0.2) is 71.3 Å². The third kappa shape index (κ3) is 5.80. The lowest BCUT2D eigenvalue weighted by Gasteiger charge is -2.23. The number of cyclic esters (lactones) is 1. The summed E-state index contributed by atoms with van der Waals surface area (Å²) < 4.78 is 48.6. The number of halogens is 3. The van der Waals surface area contributed by atoms with E-state index in [0.717, 1.165) is 15.5 Å². The Hall–Kier alpha value is -4.75. The standard InChI is InChI=1S/C26H27F3N6O5/c1-3-4-5-6-7-17(2)35-24(37)33-12-10-31(11-13-34(33)25(35)38)21-9-8-18(14-20(21)27)32-16-19(40-26(32)39)15-30-23(36)22(28)29/h3-9,14,19,22H,1-2,10-13,15-16H2,(H,30,36)/b5-4-,7-6-/t19-/m0/s1. The van der Waals surface area contributed by atoms with E-state index < -0.39 is 41.7 Å². The number of carbonyl (C=O) groups excluding carboxylic acids is 2. The van der Waals surface area contributed by atoms with E-state index >= 15 is 4.39 Å². The van der Waals surface area contributed by atoms with Gasteiger partial charge in [0, 0.05) is 18.8 Å². The van der Waals surface area contributed by atoms with Gasteiger partial charge in [0.2, 0.25) is 0 Å². The Morgan fingerprint density at radius 2 is 1.75 bits per heavy atom. The van der Waals surface area contributed by atoms with Crippen molar-refractivity contribution in [1.82, 2.24) is 19.2 Å². The number of amides is 2. The predicted octanol–water partition coefficient (Wildman–Crippen LogP) is 1.95. The number of carbonyl (C=O) groups is 2. The lowest BCUT2D eigenvalue weighted by molar-refractivity contribution is -0.132. The molecule has 0 unspecified atom stereocenters. The van der Waals surface area contributed by atoms with Crippen LogP contribution in [0.1, 0.15) is 0 Å². The molecule has 2 aliphatic rings. The molecule has 1 fully saturated rings. The fourth-order valence-corrected chi connectivity index (χ4v) is 4.42. The van der Waals surface area contributed by atoms with Crippen molar-refractivity contribution in [2.24, 2.45) is 0 Å². The van der Waals surface area contributed by atoms with E-state index in [-0.39, 0.29) is 56.3 Å². The van der Waals surface area contributed by atoms with Gasteiger partial charge in [0.1, 0.15) is 11.9 Å². The Balaban J connectivity index is 1.45. The van der Waals surface area contributed by atoms with Crippen LogP contribution in [0, 0.1) is 5.82 Å². The number of nitrogens with one attached hydrogen (secondary N) is 1. The van der Waals surface area contributed by atoms with E-state index in [4.69, 9.17) is 4.74 Å². The Bertz CT molecular complexity index is 1470. The number of allylic oxidation sites excluding steroid dienone is 6. The van der Waals surface area contributed by atoms with Crippen molar-refractivity contribution < 1.29 is 27.5 Å². The van der Waals surface area contributed by atoms with Gasteiger partial charge in [-0.2, -0.15) is 8.78 Å². The summed E-state index contributed by atoms with van der Waals surface area (Å²) in [5.41, 5.74) is -0.524. The van der Waals surface area contributed by atoms with Gasteiger partial charge in [-0.25, -0.2) is 32.7 Å². The summed E-state index contributed by atoms with van der Waals surface area (Å²) in [7, 11) is 0. The zero-order chi connectivity index (χ0) is 29.0. The molecule has 0 bridgehead atoms. The van der Waals surface area contributed by atoms with Gasteiger partial charge in [0.25, 0.3) is 5.91 Å². The van der Waals surface area contributed by atoms with Gasteiger partial charge >= 0.3 is 23.9 Å². The summed E-state index contributed by atoms with van der Waals surface area (Å²) in [6.45, 7) is 7.66. The van der Waals surface area contributed by atoms with Crippen LogP contribution in [-0.2, 0) is 22.6 Å². The molecule has 1 atom stereocenters. The highest BCUT2D eigenvalue weighted by molar-refractivity contribution is 5.90. The van der Waals surface area contributed by atoms with Crippen molar-refractivity contribution >= 4 is 29.1 Å². The molecule has 14 heteroatoms. The minimum absolute atomic E-state index is 0.0689. The zero-order valence-electron chi connectivity index (χ0n) is 21.3.